The molecule has 3 aliphatic rings. The van der Waals surface area contributed by atoms with E-state index in [4.69, 9.17) is 10.2 Å². The Bertz CT molecular complexity index is 6570. The van der Waals surface area contributed by atoms with Gasteiger partial charge in [0.25, 0.3) is 0 Å². The zero-order valence-electron chi connectivity index (χ0n) is 68.4. The summed E-state index contributed by atoms with van der Waals surface area (Å²) >= 11 is 0. The molecule has 5 nitrogen and oxygen atoms in total. The van der Waals surface area contributed by atoms with Gasteiger partial charge in [-0.25, -0.2) is 0 Å². The van der Waals surface area contributed by atoms with Gasteiger partial charge in [0.05, 0.1) is 72.2 Å². The van der Waals surface area contributed by atoms with Crippen LogP contribution in [0.3, 0.4) is 0 Å². The van der Waals surface area contributed by atoms with Crippen LogP contribution in [0, 0.1) is 11.3 Å². The van der Waals surface area contributed by atoms with Crippen molar-refractivity contribution in [3.05, 3.63) is 324 Å². The van der Waals surface area contributed by atoms with Gasteiger partial charge in [-0.2, -0.15) is 5.26 Å². The predicted octanol–water partition coefficient (Wildman–Crippen LogP) is 19.2. The van der Waals surface area contributed by atoms with Crippen molar-refractivity contribution in [3.8, 4) is 62.3 Å². The molecule has 18 rings (SSSR count). The zero-order valence-corrected chi connectivity index (χ0v) is 48.4. The molecule has 6 heteroatoms. The summed E-state index contributed by atoms with van der Waals surface area (Å²) in [4.78, 5) is 2.10. The maximum atomic E-state index is 10.6. The third-order valence-electron chi connectivity index (χ3n) is 18.2. The summed E-state index contributed by atoms with van der Waals surface area (Å²) in [6.45, 7) is 5.40. The minimum Gasteiger partial charge on any atom is -0.457 e. The maximum Gasteiger partial charge on any atom is 0.247 e. The Morgan fingerprint density at radius 1 is 0.444 bits per heavy atom. The number of nitrogens with zero attached hydrogens (tertiary/aromatic N) is 4. The van der Waals surface area contributed by atoms with E-state index in [1.165, 1.54) is 9.13 Å². The Morgan fingerprint density at radius 3 is 1.59 bits per heavy atom. The average molecular weight is 1170 g/mol. The molecule has 0 saturated carbocycles. The minimum absolute atomic E-state index is 0.114. The lowest BCUT2D eigenvalue weighted by molar-refractivity contribution is 0.435. The van der Waals surface area contributed by atoms with Gasteiger partial charge in [-0.3, -0.25) is 0 Å². The molecule has 0 radical (unpaired) electrons. The molecular weight excluding hydrogens is 1090 g/mol. The Balaban J connectivity index is 1.12. The lowest BCUT2D eigenvalue weighted by Crippen LogP contribution is -2.65. The number of benzene rings is 13. The molecule has 422 valence electrons. The zero-order chi connectivity index (χ0) is 77.4. The number of aromatic nitrogens is 2. The van der Waals surface area contributed by atoms with Crippen LogP contribution in [0.15, 0.2) is 291 Å². The molecule has 1 spiro atoms. The molecule has 0 fully saturated rings. The van der Waals surface area contributed by atoms with E-state index in [0.717, 1.165) is 16.7 Å². The standard InChI is InChI=1S/C84H57BN4O/c1-83(2,3)58-47-64(55-25-9-5-10-26-55)82(65(48-58)56-27-11-6-12-28-56)89-77-46-57(54-23-7-4-8-24-54)40-42-72(77)85-71-43-41-59(87-75-36-20-15-31-63(75)66-45-53(52-86)39-44-76(66)87)49-69(71)84(67-32-16-21-37-79(67)90-80-38-22-17-33-68(80)84)70-50-60(51-78(89)81(70)85)88-73-34-18-13-29-61(73)62-30-14-19-35-74(62)88/h4-51H,1-3H3/i4D,7D,8D,13D,14D,15D,18D,19D,20D,23D,24D,29D,30D,31D,34D,35D,36D,39D,44D,45D. The van der Waals surface area contributed by atoms with Crippen LogP contribution in [-0.4, -0.2) is 15.8 Å². The maximum absolute atomic E-state index is 10.6. The number of hydrogen-bond acceptors (Lipinski definition) is 3. The second kappa shape index (κ2) is 19.6. The molecule has 0 saturated heterocycles. The average Bonchev–Trinajstić information content (AvgIpc) is 0.692. The quantitative estimate of drug-likeness (QED) is 0.156. The first-order chi connectivity index (χ1) is 52.6. The number of anilines is 3. The fourth-order valence-corrected chi connectivity index (χ4v) is 14.4. The lowest BCUT2D eigenvalue weighted by Gasteiger charge is -2.50. The van der Waals surface area contributed by atoms with Crippen LogP contribution in [0.4, 0.5) is 17.1 Å². The fourth-order valence-electron chi connectivity index (χ4n) is 14.4. The Kier molecular flexibility index (Phi) is 7.70. The van der Waals surface area contributed by atoms with E-state index in [0.29, 0.717) is 78.3 Å². The molecule has 0 bridgehead atoms. The fraction of sp³-hybridized carbons (Fsp3) is 0.0595. The molecule has 0 aliphatic carbocycles. The second-order valence-electron chi connectivity index (χ2n) is 23.9. The molecule has 2 aromatic heterocycles. The highest BCUT2D eigenvalue weighted by Crippen LogP contribution is 2.59. The van der Waals surface area contributed by atoms with Crippen molar-refractivity contribution < 1.29 is 32.2 Å². The topological polar surface area (TPSA) is 46.1 Å². The summed E-state index contributed by atoms with van der Waals surface area (Å²) in [6.07, 6.45) is 0. The third-order valence-corrected chi connectivity index (χ3v) is 18.2. The molecule has 5 heterocycles. The van der Waals surface area contributed by atoms with Gasteiger partial charge in [-0.15, -0.1) is 0 Å². The second-order valence-corrected chi connectivity index (χ2v) is 23.9. The molecule has 90 heavy (non-hydrogen) atoms. The van der Waals surface area contributed by atoms with Crippen LogP contribution >= 0.6 is 0 Å². The van der Waals surface area contributed by atoms with Gasteiger partial charge >= 0.3 is 0 Å². The van der Waals surface area contributed by atoms with Crippen molar-refractivity contribution in [3.63, 3.8) is 0 Å². The largest absolute Gasteiger partial charge is 0.457 e. The predicted molar refractivity (Wildman–Crippen MR) is 373 cm³/mol. The van der Waals surface area contributed by atoms with Crippen LogP contribution in [0.2, 0.25) is 0 Å². The molecule has 13 aromatic carbocycles. The molecule has 3 aliphatic heterocycles. The molecule has 0 unspecified atom stereocenters. The van der Waals surface area contributed by atoms with Crippen molar-refractivity contribution in [2.24, 2.45) is 0 Å². The first kappa shape index (κ1) is 35.4. The first-order valence-electron chi connectivity index (χ1n) is 39.5. The van der Waals surface area contributed by atoms with Gasteiger partial charge in [-0.1, -0.05) is 226 Å². The normalized spacial score (nSPS) is 16.5. The number of ether oxygens (including phenoxy) is 1. The molecule has 0 amide bonds. The van der Waals surface area contributed by atoms with Gasteiger partial charge in [0.2, 0.25) is 6.71 Å². The number of fused-ring (bicyclic) bond motifs is 16. The molecule has 15 aromatic rings. The van der Waals surface area contributed by atoms with E-state index in [9.17, 15) is 27.2 Å². The van der Waals surface area contributed by atoms with Gasteiger partial charge in [0.1, 0.15) is 11.5 Å². The third kappa shape index (κ3) is 7.44. The van der Waals surface area contributed by atoms with Crippen LogP contribution in [0.5, 0.6) is 11.5 Å². The highest BCUT2D eigenvalue weighted by molar-refractivity contribution is 6.99. The van der Waals surface area contributed by atoms with Crippen LogP contribution in [0.25, 0.3) is 88.4 Å². The summed E-state index contributed by atoms with van der Waals surface area (Å²) in [5, 5.41) is 9.84. The Morgan fingerprint density at radius 2 is 0.978 bits per heavy atom. The van der Waals surface area contributed by atoms with Gasteiger partial charge in [0.15, 0.2) is 0 Å². The summed E-state index contributed by atoms with van der Waals surface area (Å²) in [6, 6.07) is 43.5. The monoisotopic (exact) mass is 1170 g/mol. The smallest absolute Gasteiger partial charge is 0.247 e. The van der Waals surface area contributed by atoms with Crippen LogP contribution in [0.1, 0.15) is 81.6 Å². The van der Waals surface area contributed by atoms with Crippen LogP contribution < -0.4 is 26.0 Å². The SMILES string of the molecule is [2H]c1c([2H])c([2H])c(-c2ccc3c(c2)N(c2c(-c4ccccc4)cc(C(C)(C)C)cc2-c2ccccc2)c2cc(-n4c5c([2H])c([2H])c([2H])c([2H])c5c5c([2H])c([2H])c([2H])c([2H])c54)cc4c2B3c2ccc(-n3c5c([2H])c([2H])c([2H])c([2H])c5c5c([2H])c(C#N)c([2H])c([2H])c53)cc2C42c3ccccc3Oc3ccccc32)c([2H])c1[2H]. The number of rotatable bonds is 6. The number of hydrogen-bond donors (Lipinski definition) is 0. The van der Waals surface area contributed by atoms with Crippen molar-refractivity contribution in [1.29, 1.82) is 5.26 Å². The van der Waals surface area contributed by atoms with Gasteiger partial charge in [0, 0.05) is 66.5 Å². The van der Waals surface area contributed by atoms with Crippen LogP contribution in [-0.2, 0) is 10.8 Å². The van der Waals surface area contributed by atoms with Crippen molar-refractivity contribution in [1.82, 2.24) is 9.13 Å². The van der Waals surface area contributed by atoms with Gasteiger partial charge in [-0.05, 0) is 146 Å². The van der Waals surface area contributed by atoms with Crippen molar-refractivity contribution in [2.75, 3.05) is 4.90 Å². The van der Waals surface area contributed by atoms with Gasteiger partial charge < -0.3 is 18.8 Å². The summed E-state index contributed by atoms with van der Waals surface area (Å²) < 4.78 is 199. The van der Waals surface area contributed by atoms with E-state index in [-0.39, 0.29) is 66.1 Å². The lowest BCUT2D eigenvalue weighted by atomic mass is 9.29. The summed E-state index contributed by atoms with van der Waals surface area (Å²) in [5.41, 5.74) is 6.08. The Hall–Kier alpha value is -11.4. The van der Waals surface area contributed by atoms with E-state index in [1.54, 1.807) is 18.2 Å². The molecule has 0 atom stereocenters. The number of para-hydroxylation sites is 5. The van der Waals surface area contributed by atoms with E-state index in [1.807, 2.05) is 146 Å². The van der Waals surface area contributed by atoms with E-state index >= 15 is 0 Å². The first-order valence-corrected chi connectivity index (χ1v) is 29.5. The van der Waals surface area contributed by atoms with Crippen molar-refractivity contribution in [2.45, 2.75) is 31.6 Å². The summed E-state index contributed by atoms with van der Waals surface area (Å²) in [7, 11) is 0. The highest BCUT2D eigenvalue weighted by atomic mass is 16.5. The van der Waals surface area contributed by atoms with E-state index in [2.05, 4.69) is 37.8 Å². The Labute approximate surface area is 551 Å². The highest BCUT2D eigenvalue weighted by Gasteiger charge is 2.55. The molecule has 0 N–H and O–H groups in total. The number of nitriles is 1. The molecular formula is C84H57BN4O. The van der Waals surface area contributed by atoms with E-state index < -0.39 is 144 Å². The summed E-state index contributed by atoms with van der Waals surface area (Å²) in [5.74, 6) is 0.737. The minimum atomic E-state index is -1.72. The van der Waals surface area contributed by atoms with Crippen molar-refractivity contribution >= 4 is 83.8 Å².